The second-order valence-electron chi connectivity index (χ2n) is 3.90. The molecule has 0 saturated carbocycles. The van der Waals surface area contributed by atoms with Crippen LogP contribution in [0.25, 0.3) is 11.2 Å². The van der Waals surface area contributed by atoms with Gasteiger partial charge in [-0.1, -0.05) is 30.3 Å². The Morgan fingerprint density at radius 3 is 2.84 bits per heavy atom. The Bertz CT molecular complexity index is 745. The number of hydrogen-bond donors (Lipinski definition) is 0. The highest BCUT2D eigenvalue weighted by Crippen LogP contribution is 2.17. The maximum absolute atomic E-state index is 8.62. The summed E-state index contributed by atoms with van der Waals surface area (Å²) in [4.78, 5) is 8.64. The fraction of sp³-hybridized carbons (Fsp3) is 0.0769. The van der Waals surface area contributed by atoms with Crippen molar-refractivity contribution < 1.29 is 0 Å². The van der Waals surface area contributed by atoms with E-state index in [0.717, 1.165) is 23.0 Å². The summed E-state index contributed by atoms with van der Waals surface area (Å²) in [5.41, 5.74) is 2.59. The summed E-state index contributed by atoms with van der Waals surface area (Å²) in [7, 11) is 0. The topological polar surface area (TPSA) is 67.4 Å². The molecule has 0 aliphatic heterocycles. The average Bonchev–Trinajstić information content (AvgIpc) is 2.83. The number of hydrogen-bond acceptors (Lipinski definition) is 5. The molecule has 0 unspecified atom stereocenters. The molecule has 0 saturated heterocycles. The van der Waals surface area contributed by atoms with Gasteiger partial charge in [-0.3, -0.25) is 0 Å². The first-order chi connectivity index (χ1) is 9.36. The molecule has 2 heterocycles. The Morgan fingerprint density at radius 2 is 2.05 bits per heavy atom. The quantitative estimate of drug-likeness (QED) is 0.538. The molecular formula is C13H9N5S. The summed E-state index contributed by atoms with van der Waals surface area (Å²) in [6.07, 6.45) is 3.27. The number of rotatable bonds is 3. The third kappa shape index (κ3) is 2.41. The van der Waals surface area contributed by atoms with Crippen molar-refractivity contribution in [3.8, 4) is 5.40 Å². The Morgan fingerprint density at radius 1 is 1.21 bits per heavy atom. The summed E-state index contributed by atoms with van der Waals surface area (Å²) >= 11 is 0.998. The molecule has 2 aromatic heterocycles. The molecule has 0 radical (unpaired) electrons. The van der Waals surface area contributed by atoms with Gasteiger partial charge in [-0.2, -0.15) is 10.4 Å². The number of fused-ring (bicyclic) bond motifs is 1. The van der Waals surface area contributed by atoms with Gasteiger partial charge in [0.05, 0.1) is 18.9 Å². The third-order valence-electron chi connectivity index (χ3n) is 2.65. The van der Waals surface area contributed by atoms with Crippen LogP contribution in [0.3, 0.4) is 0 Å². The monoisotopic (exact) mass is 267 g/mol. The molecule has 3 aromatic rings. The summed E-state index contributed by atoms with van der Waals surface area (Å²) in [5, 5.41) is 15.5. The van der Waals surface area contributed by atoms with Gasteiger partial charge in [0.2, 0.25) is 0 Å². The fourth-order valence-electron chi connectivity index (χ4n) is 1.81. The molecule has 92 valence electrons. The smallest absolute Gasteiger partial charge is 0.177 e. The van der Waals surface area contributed by atoms with Crippen molar-refractivity contribution in [2.75, 3.05) is 0 Å². The van der Waals surface area contributed by atoms with Gasteiger partial charge in [0.15, 0.2) is 5.65 Å². The lowest BCUT2D eigenvalue weighted by molar-refractivity contribution is 0.703. The van der Waals surface area contributed by atoms with Crippen LogP contribution in [0.2, 0.25) is 0 Å². The van der Waals surface area contributed by atoms with Crippen molar-refractivity contribution in [2.45, 2.75) is 11.6 Å². The summed E-state index contributed by atoms with van der Waals surface area (Å²) in [6.45, 7) is 0.657. The average molecular weight is 267 g/mol. The lowest BCUT2D eigenvalue weighted by atomic mass is 10.2. The van der Waals surface area contributed by atoms with E-state index < -0.39 is 0 Å². The summed E-state index contributed by atoms with van der Waals surface area (Å²) in [6, 6.07) is 10.1. The van der Waals surface area contributed by atoms with Gasteiger partial charge in [-0.25, -0.2) is 14.6 Å². The van der Waals surface area contributed by atoms with Gasteiger partial charge >= 0.3 is 0 Å². The van der Waals surface area contributed by atoms with Gasteiger partial charge in [0.25, 0.3) is 0 Å². The van der Waals surface area contributed by atoms with Crippen molar-refractivity contribution in [1.29, 1.82) is 5.26 Å². The lowest BCUT2D eigenvalue weighted by Gasteiger charge is -2.02. The van der Waals surface area contributed by atoms with E-state index in [1.807, 2.05) is 35.7 Å². The van der Waals surface area contributed by atoms with Crippen LogP contribution in [-0.4, -0.2) is 19.7 Å². The van der Waals surface area contributed by atoms with Crippen LogP contribution in [0.4, 0.5) is 0 Å². The van der Waals surface area contributed by atoms with Gasteiger partial charge in [-0.05, 0) is 5.56 Å². The van der Waals surface area contributed by atoms with Crippen LogP contribution in [0, 0.1) is 10.7 Å². The Hall–Kier alpha value is -2.39. The zero-order valence-electron chi connectivity index (χ0n) is 9.89. The van der Waals surface area contributed by atoms with Gasteiger partial charge < -0.3 is 0 Å². The Kier molecular flexibility index (Phi) is 3.12. The number of benzene rings is 1. The van der Waals surface area contributed by atoms with E-state index in [2.05, 4.69) is 15.1 Å². The highest BCUT2D eigenvalue weighted by Gasteiger charge is 2.07. The zero-order chi connectivity index (χ0) is 13.1. The van der Waals surface area contributed by atoms with E-state index in [1.165, 1.54) is 0 Å². The predicted molar refractivity (Wildman–Crippen MR) is 72.3 cm³/mol. The fourth-order valence-corrected chi connectivity index (χ4v) is 2.16. The molecule has 0 aliphatic rings. The number of nitriles is 1. The lowest BCUT2D eigenvalue weighted by Crippen LogP contribution is -2.02. The van der Waals surface area contributed by atoms with E-state index in [4.69, 9.17) is 5.26 Å². The van der Waals surface area contributed by atoms with Crippen molar-refractivity contribution in [3.63, 3.8) is 0 Å². The van der Waals surface area contributed by atoms with E-state index in [0.29, 0.717) is 17.1 Å². The second-order valence-corrected chi connectivity index (χ2v) is 4.70. The van der Waals surface area contributed by atoms with Crippen molar-refractivity contribution in [1.82, 2.24) is 19.7 Å². The molecule has 19 heavy (non-hydrogen) atoms. The van der Waals surface area contributed by atoms with Gasteiger partial charge in [-0.15, -0.1) is 0 Å². The second kappa shape index (κ2) is 5.08. The molecule has 3 rings (SSSR count). The normalized spacial score (nSPS) is 10.5. The highest BCUT2D eigenvalue weighted by atomic mass is 32.2. The maximum Gasteiger partial charge on any atom is 0.177 e. The Balaban J connectivity index is 1.95. The van der Waals surface area contributed by atoms with Crippen LogP contribution >= 0.6 is 11.8 Å². The van der Waals surface area contributed by atoms with Gasteiger partial charge in [0, 0.05) is 11.8 Å². The minimum atomic E-state index is 0.592. The molecule has 0 fully saturated rings. The summed E-state index contributed by atoms with van der Waals surface area (Å²) < 4.78 is 1.80. The number of thioether (sulfide) groups is 1. The first kappa shape index (κ1) is 11.7. The summed E-state index contributed by atoms with van der Waals surface area (Å²) in [5.74, 6) is 0. The predicted octanol–water partition coefficient (Wildman–Crippen LogP) is 2.45. The number of nitrogens with zero attached hydrogens (tertiary/aromatic N) is 5. The van der Waals surface area contributed by atoms with E-state index in [1.54, 1.807) is 17.1 Å². The van der Waals surface area contributed by atoms with Crippen molar-refractivity contribution in [3.05, 3.63) is 48.3 Å². The first-order valence-corrected chi connectivity index (χ1v) is 6.47. The number of aromatic nitrogens is 4. The molecule has 6 heteroatoms. The molecule has 0 amide bonds. The molecule has 0 atom stereocenters. The zero-order valence-corrected chi connectivity index (χ0v) is 10.7. The van der Waals surface area contributed by atoms with Gasteiger partial charge in [0.1, 0.15) is 15.9 Å². The van der Waals surface area contributed by atoms with Crippen LogP contribution in [0.1, 0.15) is 5.56 Å². The third-order valence-corrected chi connectivity index (χ3v) is 3.14. The molecule has 0 bridgehead atoms. The molecular weight excluding hydrogens is 258 g/mol. The minimum Gasteiger partial charge on any atom is -0.241 e. The Labute approximate surface area is 113 Å². The number of thiocyanates is 1. The van der Waals surface area contributed by atoms with Crippen LogP contribution in [0.15, 0.2) is 47.8 Å². The van der Waals surface area contributed by atoms with Crippen molar-refractivity contribution >= 4 is 22.9 Å². The van der Waals surface area contributed by atoms with E-state index in [9.17, 15) is 0 Å². The highest BCUT2D eigenvalue weighted by molar-refractivity contribution is 8.03. The standard InChI is InChI=1S/C13H9N5S/c14-9-19-12-7-15-13-11(17-12)6-16-18(13)8-10-4-2-1-3-5-10/h1-7H,8H2. The molecule has 1 aromatic carbocycles. The maximum atomic E-state index is 8.62. The van der Waals surface area contributed by atoms with E-state index >= 15 is 0 Å². The molecule has 5 nitrogen and oxygen atoms in total. The van der Waals surface area contributed by atoms with Crippen LogP contribution in [-0.2, 0) is 6.54 Å². The minimum absolute atomic E-state index is 0.592. The molecule has 0 spiro atoms. The SMILES string of the molecule is N#CSc1cnc2c(cnn2Cc2ccccc2)n1. The van der Waals surface area contributed by atoms with Crippen LogP contribution < -0.4 is 0 Å². The molecule has 0 aliphatic carbocycles. The largest absolute Gasteiger partial charge is 0.241 e. The van der Waals surface area contributed by atoms with E-state index in [-0.39, 0.29) is 0 Å². The van der Waals surface area contributed by atoms with Crippen LogP contribution in [0.5, 0.6) is 0 Å². The van der Waals surface area contributed by atoms with Crippen molar-refractivity contribution in [2.24, 2.45) is 0 Å². The first-order valence-electron chi connectivity index (χ1n) is 5.65. The molecule has 0 N–H and O–H groups in total.